The molecular formula is C26H53NO2. The van der Waals surface area contributed by atoms with Gasteiger partial charge in [0.05, 0.1) is 6.54 Å². The van der Waals surface area contributed by atoms with Crippen molar-refractivity contribution in [1.29, 1.82) is 0 Å². The number of rotatable bonds is 20. The van der Waals surface area contributed by atoms with Gasteiger partial charge in [-0.15, -0.1) is 0 Å². The lowest BCUT2D eigenvalue weighted by Gasteiger charge is -2.07. The molecule has 0 rings (SSSR count). The summed E-state index contributed by atoms with van der Waals surface area (Å²) in [4.78, 5) is 10.2. The van der Waals surface area contributed by atoms with Crippen LogP contribution in [0.2, 0.25) is 0 Å². The van der Waals surface area contributed by atoms with Crippen LogP contribution in [0.1, 0.15) is 136 Å². The van der Waals surface area contributed by atoms with Gasteiger partial charge in [0.1, 0.15) is 0 Å². The number of carboxylic acid groups (broad SMARTS) is 1. The van der Waals surface area contributed by atoms with Crippen molar-refractivity contribution < 1.29 is 15.6 Å². The maximum Gasteiger partial charge on any atom is 0.0768 e. The van der Waals surface area contributed by atoms with Gasteiger partial charge in [-0.1, -0.05) is 97.1 Å². The van der Waals surface area contributed by atoms with E-state index in [1.54, 1.807) is 0 Å². The minimum Gasteiger partial charge on any atom is -0.550 e. The van der Waals surface area contributed by atoms with Gasteiger partial charge < -0.3 is 15.6 Å². The fraction of sp³-hybridized carbons (Fsp3) is 0.885. The highest BCUT2D eigenvalue weighted by molar-refractivity contribution is 5.63. The average molecular weight is 412 g/mol. The van der Waals surface area contributed by atoms with E-state index < -0.39 is 5.97 Å². The third-order valence-electron chi connectivity index (χ3n) is 5.59. The highest BCUT2D eigenvalue weighted by Crippen LogP contribution is 2.10. The van der Waals surface area contributed by atoms with E-state index >= 15 is 0 Å². The van der Waals surface area contributed by atoms with Crippen LogP contribution in [-0.4, -0.2) is 12.5 Å². The number of quaternary nitrogens is 1. The molecule has 29 heavy (non-hydrogen) atoms. The summed E-state index contributed by atoms with van der Waals surface area (Å²) in [6.45, 7) is 7.88. The molecule has 0 spiro atoms. The van der Waals surface area contributed by atoms with Crippen molar-refractivity contribution in [2.75, 3.05) is 6.54 Å². The van der Waals surface area contributed by atoms with Crippen LogP contribution in [0.5, 0.6) is 0 Å². The molecule has 0 saturated carbocycles. The molecule has 0 aliphatic carbocycles. The van der Waals surface area contributed by atoms with Gasteiger partial charge in [0, 0.05) is 11.9 Å². The van der Waals surface area contributed by atoms with Gasteiger partial charge >= 0.3 is 0 Å². The number of carboxylic acids is 1. The standard InChI is InChI=1S/C18H34O2.C8H19N/c1-2-3-4-5-6-7-8-9-10-11-12-13-14-15-16-17-18(19)20;1-3-5-6-8(4-2)7-9/h9-10H,2-8,11-17H2,1H3,(H,19,20);8H,3-7,9H2,1-2H3. The van der Waals surface area contributed by atoms with E-state index in [1.807, 2.05) is 0 Å². The first kappa shape index (κ1) is 30.4. The topological polar surface area (TPSA) is 67.8 Å². The summed E-state index contributed by atoms with van der Waals surface area (Å²) in [7, 11) is 0. The van der Waals surface area contributed by atoms with Crippen molar-refractivity contribution in [2.24, 2.45) is 5.92 Å². The largest absolute Gasteiger partial charge is 0.550 e. The molecule has 0 amide bonds. The highest BCUT2D eigenvalue weighted by atomic mass is 16.4. The van der Waals surface area contributed by atoms with E-state index in [2.05, 4.69) is 38.7 Å². The number of hydrogen-bond acceptors (Lipinski definition) is 2. The third kappa shape index (κ3) is 29.5. The second kappa shape index (κ2) is 27.2. The summed E-state index contributed by atoms with van der Waals surface area (Å²) in [6, 6.07) is 0. The summed E-state index contributed by atoms with van der Waals surface area (Å²) in [5.41, 5.74) is 3.91. The van der Waals surface area contributed by atoms with Gasteiger partial charge in [-0.05, 0) is 51.4 Å². The SMILES string of the molecule is CCCCC(CC)C[NH3+].CCCCCCCCC=CCCCCCCCC(=O)[O-]. The van der Waals surface area contributed by atoms with Gasteiger partial charge in [-0.25, -0.2) is 0 Å². The van der Waals surface area contributed by atoms with Crippen molar-refractivity contribution in [3.63, 3.8) is 0 Å². The number of unbranched alkanes of at least 4 members (excludes halogenated alkanes) is 12. The molecule has 1 atom stereocenters. The number of carbonyl (C=O) groups excluding carboxylic acids is 1. The number of allylic oxidation sites excluding steroid dienone is 2. The Morgan fingerprint density at radius 3 is 1.69 bits per heavy atom. The molecule has 0 aromatic carbocycles. The molecule has 3 N–H and O–H groups in total. The van der Waals surface area contributed by atoms with Gasteiger partial charge in [-0.3, -0.25) is 0 Å². The van der Waals surface area contributed by atoms with Gasteiger partial charge in [-0.2, -0.15) is 0 Å². The second-order valence-corrected chi connectivity index (χ2v) is 8.41. The fourth-order valence-corrected chi connectivity index (χ4v) is 3.39. The Kier molecular flexibility index (Phi) is 28.4. The summed E-state index contributed by atoms with van der Waals surface area (Å²) in [5.74, 6) is -0.0208. The van der Waals surface area contributed by atoms with Gasteiger partial charge in [0.15, 0.2) is 0 Å². The number of aliphatic carboxylic acids is 1. The summed E-state index contributed by atoms with van der Waals surface area (Å²) in [5, 5.41) is 10.2. The molecule has 174 valence electrons. The predicted octanol–water partition coefficient (Wildman–Crippen LogP) is 6.22. The van der Waals surface area contributed by atoms with Crippen LogP contribution in [0.15, 0.2) is 12.2 Å². The first-order chi connectivity index (χ1) is 14.1. The molecule has 3 heteroatoms. The van der Waals surface area contributed by atoms with E-state index in [4.69, 9.17) is 0 Å². The lowest BCUT2D eigenvalue weighted by molar-refractivity contribution is -0.379. The van der Waals surface area contributed by atoms with Crippen LogP contribution in [0.25, 0.3) is 0 Å². The molecule has 0 aromatic rings. The number of carbonyl (C=O) groups is 1. The van der Waals surface area contributed by atoms with Crippen molar-refractivity contribution in [3.05, 3.63) is 12.2 Å². The molecular weight excluding hydrogens is 358 g/mol. The Labute approximate surface area is 182 Å². The van der Waals surface area contributed by atoms with Crippen molar-refractivity contribution >= 4 is 5.97 Å². The molecule has 0 heterocycles. The first-order valence-corrected chi connectivity index (χ1v) is 12.8. The van der Waals surface area contributed by atoms with E-state index in [9.17, 15) is 9.90 Å². The van der Waals surface area contributed by atoms with E-state index in [-0.39, 0.29) is 6.42 Å². The lowest BCUT2D eigenvalue weighted by Crippen LogP contribution is -2.53. The fourth-order valence-electron chi connectivity index (χ4n) is 3.39. The molecule has 0 radical (unpaired) electrons. The maximum atomic E-state index is 10.2. The van der Waals surface area contributed by atoms with Crippen LogP contribution >= 0.6 is 0 Å². The Hall–Kier alpha value is -0.830. The smallest absolute Gasteiger partial charge is 0.0768 e. The predicted molar refractivity (Wildman–Crippen MR) is 126 cm³/mol. The summed E-state index contributed by atoms with van der Waals surface area (Å²) in [6.07, 6.45) is 26.3. The van der Waals surface area contributed by atoms with Crippen molar-refractivity contribution in [1.82, 2.24) is 0 Å². The molecule has 0 fully saturated rings. The Morgan fingerprint density at radius 1 is 0.759 bits per heavy atom. The van der Waals surface area contributed by atoms with Crippen LogP contribution in [0, 0.1) is 5.92 Å². The molecule has 0 saturated heterocycles. The zero-order valence-electron chi connectivity index (χ0n) is 20.2. The van der Waals surface area contributed by atoms with Crippen LogP contribution in [0.3, 0.4) is 0 Å². The van der Waals surface area contributed by atoms with Crippen LogP contribution in [0.4, 0.5) is 0 Å². The Morgan fingerprint density at radius 2 is 1.24 bits per heavy atom. The van der Waals surface area contributed by atoms with Crippen molar-refractivity contribution in [3.8, 4) is 0 Å². The Bertz CT molecular complexity index is 338. The molecule has 0 aromatic heterocycles. The second-order valence-electron chi connectivity index (χ2n) is 8.41. The Balaban J connectivity index is 0. The molecule has 3 nitrogen and oxygen atoms in total. The molecule has 0 aliphatic rings. The third-order valence-corrected chi connectivity index (χ3v) is 5.59. The van der Waals surface area contributed by atoms with Crippen molar-refractivity contribution in [2.45, 2.75) is 136 Å². The summed E-state index contributed by atoms with van der Waals surface area (Å²) >= 11 is 0. The minimum atomic E-state index is -0.914. The molecule has 0 bridgehead atoms. The molecule has 0 aliphatic heterocycles. The lowest BCUT2D eigenvalue weighted by atomic mass is 10.00. The van der Waals surface area contributed by atoms with Gasteiger partial charge in [0.25, 0.3) is 0 Å². The van der Waals surface area contributed by atoms with Gasteiger partial charge in [0.2, 0.25) is 0 Å². The maximum absolute atomic E-state index is 10.2. The van der Waals surface area contributed by atoms with E-state index in [1.165, 1.54) is 89.9 Å². The monoisotopic (exact) mass is 411 g/mol. The molecule has 1 unspecified atom stereocenters. The summed E-state index contributed by atoms with van der Waals surface area (Å²) < 4.78 is 0. The quantitative estimate of drug-likeness (QED) is 0.191. The highest BCUT2D eigenvalue weighted by Gasteiger charge is 2.03. The normalized spacial score (nSPS) is 12.0. The zero-order chi connectivity index (χ0) is 22.0. The van der Waals surface area contributed by atoms with Crippen LogP contribution in [-0.2, 0) is 4.79 Å². The van der Waals surface area contributed by atoms with E-state index in [0.29, 0.717) is 0 Å². The minimum absolute atomic E-state index is 0.220. The van der Waals surface area contributed by atoms with E-state index in [0.717, 1.165) is 31.7 Å². The number of hydrogen-bond donors (Lipinski definition) is 1. The van der Waals surface area contributed by atoms with Crippen LogP contribution < -0.4 is 10.8 Å². The first-order valence-electron chi connectivity index (χ1n) is 12.8. The average Bonchev–Trinajstić information content (AvgIpc) is 2.72. The zero-order valence-corrected chi connectivity index (χ0v) is 20.2.